The van der Waals surface area contributed by atoms with Gasteiger partial charge in [0.25, 0.3) is 5.91 Å². The van der Waals surface area contributed by atoms with Crippen LogP contribution in [-0.4, -0.2) is 27.8 Å². The van der Waals surface area contributed by atoms with Crippen LogP contribution in [-0.2, 0) is 6.54 Å². The van der Waals surface area contributed by atoms with Gasteiger partial charge in [-0.15, -0.1) is 0 Å². The molecule has 1 heterocycles. The van der Waals surface area contributed by atoms with E-state index >= 15 is 0 Å². The maximum Gasteiger partial charge on any atom is 0.254 e. The third kappa shape index (κ3) is 2.53. The number of nitrogens with zero attached hydrogens (tertiary/aromatic N) is 2. The van der Waals surface area contributed by atoms with Crippen molar-refractivity contribution in [2.24, 2.45) is 0 Å². The van der Waals surface area contributed by atoms with E-state index < -0.39 is 17.5 Å². The van der Waals surface area contributed by atoms with Crippen LogP contribution in [0.2, 0.25) is 0 Å². The molecule has 0 radical (unpaired) electrons. The Morgan fingerprint density at radius 1 is 1.39 bits per heavy atom. The fourth-order valence-electron chi connectivity index (χ4n) is 1.53. The van der Waals surface area contributed by atoms with Crippen molar-refractivity contribution in [3.05, 3.63) is 53.6 Å². The molecule has 2 rings (SSSR count). The van der Waals surface area contributed by atoms with Crippen LogP contribution in [0.3, 0.4) is 0 Å². The summed E-state index contributed by atoms with van der Waals surface area (Å²) in [5, 5.41) is 0. The molecule has 0 saturated heterocycles. The van der Waals surface area contributed by atoms with E-state index in [0.29, 0.717) is 5.82 Å². The predicted molar refractivity (Wildman–Crippen MR) is 60.7 cm³/mol. The summed E-state index contributed by atoms with van der Waals surface area (Å²) in [4.78, 5) is 20.1. The van der Waals surface area contributed by atoms with E-state index in [2.05, 4.69) is 9.97 Å². The number of hydrogen-bond donors (Lipinski definition) is 1. The Hall–Kier alpha value is -2.24. The Morgan fingerprint density at radius 2 is 2.17 bits per heavy atom. The summed E-state index contributed by atoms with van der Waals surface area (Å²) in [5.41, 5.74) is 0.1000. The molecule has 1 aromatic heterocycles. The second kappa shape index (κ2) is 4.95. The molecule has 1 amide bonds. The molecule has 0 atom stereocenters. The molecule has 6 heteroatoms. The van der Waals surface area contributed by atoms with Gasteiger partial charge in [0, 0.05) is 25.0 Å². The lowest BCUT2D eigenvalue weighted by molar-refractivity contribution is 0.0781. The van der Waals surface area contributed by atoms with Crippen molar-refractivity contribution in [3.8, 4) is 0 Å². The highest BCUT2D eigenvalue weighted by molar-refractivity contribution is 5.93. The topological polar surface area (TPSA) is 49.0 Å². The van der Waals surface area contributed by atoms with Gasteiger partial charge in [-0.1, -0.05) is 0 Å². The molecule has 0 bridgehead atoms. The van der Waals surface area contributed by atoms with Crippen LogP contribution in [0.15, 0.2) is 30.6 Å². The second-order valence-electron chi connectivity index (χ2n) is 3.83. The van der Waals surface area contributed by atoms with Gasteiger partial charge in [-0.3, -0.25) is 4.79 Å². The molecule has 0 saturated carbocycles. The minimum atomic E-state index is -1.03. The van der Waals surface area contributed by atoms with E-state index in [1.807, 2.05) is 0 Å². The Kier molecular flexibility index (Phi) is 3.36. The third-order valence-corrected chi connectivity index (χ3v) is 2.46. The zero-order chi connectivity index (χ0) is 13.1. The molecule has 1 aromatic carbocycles. The Morgan fingerprint density at radius 3 is 2.78 bits per heavy atom. The van der Waals surface area contributed by atoms with Crippen molar-refractivity contribution in [2.45, 2.75) is 6.54 Å². The minimum absolute atomic E-state index is 0.1000. The molecule has 2 aromatic rings. The standard InChI is InChI=1S/C12H11F2N3O/c1-17(7-11-15-4-5-16-11)12(18)8-2-3-9(13)10(14)6-8/h2-6H,7H2,1H3,(H,15,16). The normalized spacial score (nSPS) is 10.4. The van der Waals surface area contributed by atoms with E-state index in [9.17, 15) is 13.6 Å². The average molecular weight is 251 g/mol. The first-order valence-electron chi connectivity index (χ1n) is 5.26. The quantitative estimate of drug-likeness (QED) is 0.906. The second-order valence-corrected chi connectivity index (χ2v) is 3.83. The Bertz CT molecular complexity index is 554. The SMILES string of the molecule is CN(Cc1ncc[nH]1)C(=O)c1ccc(F)c(F)c1. The summed E-state index contributed by atoms with van der Waals surface area (Å²) < 4.78 is 25.8. The van der Waals surface area contributed by atoms with E-state index in [4.69, 9.17) is 0 Å². The van der Waals surface area contributed by atoms with Gasteiger partial charge in [0.15, 0.2) is 11.6 Å². The van der Waals surface area contributed by atoms with E-state index in [0.717, 1.165) is 12.1 Å². The number of aromatic amines is 1. The molecule has 4 nitrogen and oxygen atoms in total. The average Bonchev–Trinajstić information content (AvgIpc) is 2.84. The first-order chi connectivity index (χ1) is 8.58. The van der Waals surface area contributed by atoms with E-state index in [1.165, 1.54) is 11.0 Å². The zero-order valence-corrected chi connectivity index (χ0v) is 9.65. The fourth-order valence-corrected chi connectivity index (χ4v) is 1.53. The summed E-state index contributed by atoms with van der Waals surface area (Å²) in [6, 6.07) is 3.07. The predicted octanol–water partition coefficient (Wildman–Crippen LogP) is 1.96. The van der Waals surface area contributed by atoms with Crippen molar-refractivity contribution < 1.29 is 13.6 Å². The van der Waals surface area contributed by atoms with Gasteiger partial charge in [-0.2, -0.15) is 0 Å². The maximum absolute atomic E-state index is 13.0. The van der Waals surface area contributed by atoms with Crippen LogP contribution in [0, 0.1) is 11.6 Å². The Labute approximate surface area is 102 Å². The van der Waals surface area contributed by atoms with Gasteiger partial charge in [0.1, 0.15) is 5.82 Å². The van der Waals surface area contributed by atoms with E-state index in [-0.39, 0.29) is 12.1 Å². The van der Waals surface area contributed by atoms with Crippen LogP contribution in [0.25, 0.3) is 0 Å². The molecule has 94 valence electrons. The lowest BCUT2D eigenvalue weighted by atomic mass is 10.2. The summed E-state index contributed by atoms with van der Waals surface area (Å²) >= 11 is 0. The molecule has 18 heavy (non-hydrogen) atoms. The molecular weight excluding hydrogens is 240 g/mol. The summed E-state index contributed by atoms with van der Waals surface area (Å²) in [6.45, 7) is 0.269. The highest BCUT2D eigenvalue weighted by Crippen LogP contribution is 2.11. The van der Waals surface area contributed by atoms with Gasteiger partial charge in [-0.25, -0.2) is 13.8 Å². The summed E-state index contributed by atoms with van der Waals surface area (Å²) in [7, 11) is 1.56. The number of aromatic nitrogens is 2. The number of amides is 1. The monoisotopic (exact) mass is 251 g/mol. The van der Waals surface area contributed by atoms with E-state index in [1.54, 1.807) is 19.4 Å². The first-order valence-corrected chi connectivity index (χ1v) is 5.26. The molecule has 0 fully saturated rings. The molecular formula is C12H11F2N3O. The molecule has 0 aliphatic carbocycles. The molecule has 1 N–H and O–H groups in total. The number of imidazole rings is 1. The number of hydrogen-bond acceptors (Lipinski definition) is 2. The van der Waals surface area contributed by atoms with Crippen LogP contribution < -0.4 is 0 Å². The van der Waals surface area contributed by atoms with Crippen molar-refractivity contribution in [1.29, 1.82) is 0 Å². The number of rotatable bonds is 3. The number of carbonyl (C=O) groups is 1. The number of H-pyrrole nitrogens is 1. The van der Waals surface area contributed by atoms with Gasteiger partial charge in [0.05, 0.1) is 6.54 Å². The molecule has 0 unspecified atom stereocenters. The van der Waals surface area contributed by atoms with Crippen LogP contribution in [0.1, 0.15) is 16.2 Å². The lowest BCUT2D eigenvalue weighted by Crippen LogP contribution is -2.26. The Balaban J connectivity index is 2.12. The number of nitrogens with one attached hydrogen (secondary N) is 1. The van der Waals surface area contributed by atoms with Gasteiger partial charge in [-0.05, 0) is 18.2 Å². The van der Waals surface area contributed by atoms with Gasteiger partial charge < -0.3 is 9.88 Å². The van der Waals surface area contributed by atoms with Crippen molar-refractivity contribution in [3.63, 3.8) is 0 Å². The largest absolute Gasteiger partial charge is 0.347 e. The van der Waals surface area contributed by atoms with Crippen LogP contribution >= 0.6 is 0 Å². The lowest BCUT2D eigenvalue weighted by Gasteiger charge is -2.15. The van der Waals surface area contributed by atoms with Crippen LogP contribution in [0.5, 0.6) is 0 Å². The van der Waals surface area contributed by atoms with Gasteiger partial charge in [0.2, 0.25) is 0 Å². The number of carbonyl (C=O) groups excluding carboxylic acids is 1. The third-order valence-electron chi connectivity index (χ3n) is 2.46. The fraction of sp³-hybridized carbons (Fsp3) is 0.167. The molecule has 0 aliphatic rings. The summed E-state index contributed by atoms with van der Waals surface area (Å²) in [6.07, 6.45) is 3.22. The zero-order valence-electron chi connectivity index (χ0n) is 9.65. The number of benzene rings is 1. The highest BCUT2D eigenvalue weighted by atomic mass is 19.2. The summed E-state index contributed by atoms with van der Waals surface area (Å²) in [5.74, 6) is -1.79. The molecule has 0 spiro atoms. The molecule has 0 aliphatic heterocycles. The smallest absolute Gasteiger partial charge is 0.254 e. The first kappa shape index (κ1) is 12.2. The van der Waals surface area contributed by atoms with Crippen molar-refractivity contribution in [1.82, 2.24) is 14.9 Å². The van der Waals surface area contributed by atoms with Gasteiger partial charge >= 0.3 is 0 Å². The van der Waals surface area contributed by atoms with Crippen molar-refractivity contribution >= 4 is 5.91 Å². The minimum Gasteiger partial charge on any atom is -0.347 e. The van der Waals surface area contributed by atoms with Crippen LogP contribution in [0.4, 0.5) is 8.78 Å². The van der Waals surface area contributed by atoms with Crippen molar-refractivity contribution in [2.75, 3.05) is 7.05 Å². The highest BCUT2D eigenvalue weighted by Gasteiger charge is 2.14. The maximum atomic E-state index is 13.0. The number of halogens is 2.